The van der Waals surface area contributed by atoms with Crippen LogP contribution in [0.3, 0.4) is 0 Å². The Kier molecular flexibility index (Phi) is 3.58. The molecule has 0 aliphatic carbocycles. The van der Waals surface area contributed by atoms with Crippen molar-refractivity contribution >= 4 is 11.9 Å². The second kappa shape index (κ2) is 5.13. The van der Waals surface area contributed by atoms with Gasteiger partial charge in [0.25, 0.3) is 0 Å². The zero-order valence-corrected chi connectivity index (χ0v) is 10.3. The summed E-state index contributed by atoms with van der Waals surface area (Å²) in [6.45, 7) is 4.22. The van der Waals surface area contributed by atoms with Gasteiger partial charge in [0, 0.05) is 13.6 Å². The van der Waals surface area contributed by atoms with E-state index in [-0.39, 0.29) is 6.04 Å². The maximum absolute atomic E-state index is 5.39. The van der Waals surface area contributed by atoms with Gasteiger partial charge in [0.15, 0.2) is 0 Å². The molecule has 17 heavy (non-hydrogen) atoms. The first-order valence-corrected chi connectivity index (χ1v) is 5.56. The summed E-state index contributed by atoms with van der Waals surface area (Å²) in [6.07, 6.45) is 0. The minimum atomic E-state index is 0.251. The van der Waals surface area contributed by atoms with E-state index < -0.39 is 0 Å². The highest BCUT2D eigenvalue weighted by atomic mass is 16.5. The fraction of sp³-hybridized carbons (Fsp3) is 0.700. The van der Waals surface area contributed by atoms with Crippen molar-refractivity contribution in [1.29, 1.82) is 0 Å². The van der Waals surface area contributed by atoms with Gasteiger partial charge in [-0.2, -0.15) is 15.0 Å². The molecular formula is C10H17N5O2. The summed E-state index contributed by atoms with van der Waals surface area (Å²) in [5, 5.41) is 2.90. The molecule has 1 aliphatic heterocycles. The SMILES string of the molecule is CNc1nc(OC)nc(N2CCOCC2C)n1. The maximum atomic E-state index is 5.39. The average molecular weight is 239 g/mol. The van der Waals surface area contributed by atoms with Gasteiger partial charge in [-0.1, -0.05) is 0 Å². The molecule has 0 bridgehead atoms. The van der Waals surface area contributed by atoms with Crippen LogP contribution in [0.1, 0.15) is 6.92 Å². The number of nitrogens with one attached hydrogen (secondary N) is 1. The number of nitrogens with zero attached hydrogens (tertiary/aromatic N) is 4. The molecule has 1 N–H and O–H groups in total. The highest BCUT2D eigenvalue weighted by molar-refractivity contribution is 5.39. The van der Waals surface area contributed by atoms with Crippen molar-refractivity contribution in [3.05, 3.63) is 0 Å². The Morgan fingerprint density at radius 1 is 1.41 bits per heavy atom. The van der Waals surface area contributed by atoms with Crippen LogP contribution in [0.15, 0.2) is 0 Å². The lowest BCUT2D eigenvalue weighted by Gasteiger charge is -2.33. The summed E-state index contributed by atoms with van der Waals surface area (Å²) in [7, 11) is 3.31. The zero-order valence-electron chi connectivity index (χ0n) is 10.3. The second-order valence-corrected chi connectivity index (χ2v) is 3.81. The first kappa shape index (κ1) is 11.8. The molecule has 0 spiro atoms. The number of morpholine rings is 1. The van der Waals surface area contributed by atoms with Crippen molar-refractivity contribution in [2.45, 2.75) is 13.0 Å². The molecule has 7 nitrogen and oxygen atoms in total. The third kappa shape index (κ3) is 2.55. The highest BCUT2D eigenvalue weighted by Crippen LogP contribution is 2.18. The molecule has 1 aromatic heterocycles. The summed E-state index contributed by atoms with van der Waals surface area (Å²) in [4.78, 5) is 14.8. The number of methoxy groups -OCH3 is 1. The summed E-state index contributed by atoms with van der Waals surface area (Å²) in [6, 6.07) is 0.568. The largest absolute Gasteiger partial charge is 0.467 e. The van der Waals surface area contributed by atoms with Crippen molar-refractivity contribution in [3.63, 3.8) is 0 Å². The highest BCUT2D eigenvalue weighted by Gasteiger charge is 2.22. The molecule has 2 rings (SSSR count). The Balaban J connectivity index is 2.29. The molecular weight excluding hydrogens is 222 g/mol. The van der Waals surface area contributed by atoms with E-state index in [0.717, 1.165) is 6.54 Å². The van der Waals surface area contributed by atoms with Crippen molar-refractivity contribution in [1.82, 2.24) is 15.0 Å². The molecule has 94 valence electrons. The molecule has 1 unspecified atom stereocenters. The zero-order chi connectivity index (χ0) is 12.3. The van der Waals surface area contributed by atoms with E-state index in [2.05, 4.69) is 32.1 Å². The lowest BCUT2D eigenvalue weighted by Crippen LogP contribution is -2.44. The minimum Gasteiger partial charge on any atom is -0.467 e. The Morgan fingerprint density at radius 3 is 2.88 bits per heavy atom. The van der Waals surface area contributed by atoms with E-state index in [1.807, 2.05) is 0 Å². The number of anilines is 2. The minimum absolute atomic E-state index is 0.251. The molecule has 0 radical (unpaired) electrons. The van der Waals surface area contributed by atoms with Crippen LogP contribution in [0.5, 0.6) is 6.01 Å². The molecule has 1 aliphatic rings. The third-order valence-electron chi connectivity index (χ3n) is 2.63. The maximum Gasteiger partial charge on any atom is 0.322 e. The van der Waals surface area contributed by atoms with Gasteiger partial charge in [-0.25, -0.2) is 0 Å². The molecule has 1 atom stereocenters. The van der Waals surface area contributed by atoms with Crippen LogP contribution in [0.4, 0.5) is 11.9 Å². The van der Waals surface area contributed by atoms with Gasteiger partial charge in [-0.15, -0.1) is 0 Å². The van der Waals surface area contributed by atoms with Crippen molar-refractivity contribution in [2.24, 2.45) is 0 Å². The number of ether oxygens (including phenoxy) is 2. The van der Waals surface area contributed by atoms with Gasteiger partial charge in [0.2, 0.25) is 11.9 Å². The quantitative estimate of drug-likeness (QED) is 0.804. The Labute approximate surface area is 100 Å². The van der Waals surface area contributed by atoms with E-state index in [9.17, 15) is 0 Å². The fourth-order valence-electron chi connectivity index (χ4n) is 1.70. The summed E-state index contributed by atoms with van der Waals surface area (Å²) in [5.74, 6) is 1.13. The number of aromatic nitrogens is 3. The molecule has 1 fully saturated rings. The fourth-order valence-corrected chi connectivity index (χ4v) is 1.70. The van der Waals surface area contributed by atoms with Crippen LogP contribution in [-0.4, -0.2) is 54.9 Å². The van der Waals surface area contributed by atoms with E-state index >= 15 is 0 Å². The van der Waals surface area contributed by atoms with E-state index in [1.54, 1.807) is 14.2 Å². The Hall–Kier alpha value is -1.63. The summed E-state index contributed by atoms with van der Waals surface area (Å²) in [5.41, 5.74) is 0. The smallest absolute Gasteiger partial charge is 0.322 e. The summed E-state index contributed by atoms with van der Waals surface area (Å²) < 4.78 is 10.5. The van der Waals surface area contributed by atoms with Crippen LogP contribution in [0, 0.1) is 0 Å². The molecule has 7 heteroatoms. The topological polar surface area (TPSA) is 72.4 Å². The predicted molar refractivity (Wildman–Crippen MR) is 63.6 cm³/mol. The molecule has 1 aromatic rings. The number of hydrogen-bond acceptors (Lipinski definition) is 7. The van der Waals surface area contributed by atoms with Gasteiger partial charge in [-0.3, -0.25) is 0 Å². The predicted octanol–water partition coefficient (Wildman–Crippen LogP) is 0.147. The Morgan fingerprint density at radius 2 is 2.24 bits per heavy atom. The molecule has 0 aromatic carbocycles. The van der Waals surface area contributed by atoms with Crippen LogP contribution in [-0.2, 0) is 4.74 Å². The van der Waals surface area contributed by atoms with E-state index in [0.29, 0.717) is 31.1 Å². The standard InChI is InChI=1S/C10H17N5O2/c1-7-6-17-5-4-15(7)9-12-8(11-2)13-10(14-9)16-3/h7H,4-6H2,1-3H3,(H,11,12,13,14). The molecule has 0 amide bonds. The number of hydrogen-bond donors (Lipinski definition) is 1. The first-order chi connectivity index (χ1) is 8.24. The normalized spacial score (nSPS) is 20.2. The van der Waals surface area contributed by atoms with Gasteiger partial charge in [0.05, 0.1) is 26.4 Å². The lowest BCUT2D eigenvalue weighted by molar-refractivity contribution is 0.0980. The van der Waals surface area contributed by atoms with Crippen molar-refractivity contribution in [2.75, 3.05) is 44.1 Å². The van der Waals surface area contributed by atoms with Gasteiger partial charge < -0.3 is 19.7 Å². The van der Waals surface area contributed by atoms with Crippen molar-refractivity contribution < 1.29 is 9.47 Å². The molecule has 2 heterocycles. The van der Waals surface area contributed by atoms with Crippen LogP contribution >= 0.6 is 0 Å². The Bertz CT molecular complexity index is 365. The summed E-state index contributed by atoms with van der Waals surface area (Å²) >= 11 is 0. The van der Waals surface area contributed by atoms with Crippen LogP contribution in [0.2, 0.25) is 0 Å². The van der Waals surface area contributed by atoms with Gasteiger partial charge in [-0.05, 0) is 6.92 Å². The molecule has 0 saturated carbocycles. The van der Waals surface area contributed by atoms with E-state index in [1.165, 1.54) is 0 Å². The van der Waals surface area contributed by atoms with Gasteiger partial charge >= 0.3 is 6.01 Å². The number of rotatable bonds is 3. The van der Waals surface area contributed by atoms with Crippen molar-refractivity contribution in [3.8, 4) is 6.01 Å². The first-order valence-electron chi connectivity index (χ1n) is 5.56. The van der Waals surface area contributed by atoms with Gasteiger partial charge in [0.1, 0.15) is 0 Å². The second-order valence-electron chi connectivity index (χ2n) is 3.81. The third-order valence-corrected chi connectivity index (χ3v) is 2.63. The van der Waals surface area contributed by atoms with Crippen LogP contribution < -0.4 is 15.0 Å². The van der Waals surface area contributed by atoms with Crippen LogP contribution in [0.25, 0.3) is 0 Å². The van der Waals surface area contributed by atoms with E-state index in [4.69, 9.17) is 9.47 Å². The monoisotopic (exact) mass is 239 g/mol. The lowest BCUT2D eigenvalue weighted by atomic mass is 10.3. The molecule has 1 saturated heterocycles. The average Bonchev–Trinajstić information content (AvgIpc) is 2.38.